The molecule has 0 aliphatic rings. The number of nitrogens with zero attached hydrogens (tertiary/aromatic N) is 10. The summed E-state index contributed by atoms with van der Waals surface area (Å²) in [6.45, 7) is 9.50. The number of rotatable bonds is 0. The standard InChI is InChI=1S/C28H20N8.2CN.Os/c1-2-6-26-25(5-1)29-13-21-9-10-23-15-31(19-35(23)33(21)17-29)27-7-3-4-8-28(27)32-16-24-12-11-22-14-30(26)18-34(22)36(24)20-32;2*1-2;/h1-20H;;;/q-4;2*-1;+6. The van der Waals surface area contributed by atoms with Crippen LogP contribution in [-0.2, 0) is 19.8 Å². The molecule has 9 aromatic rings. The first-order chi connectivity index (χ1) is 19.8. The average Bonchev–Trinajstić information content (AvgIpc) is 3.81. The van der Waals surface area contributed by atoms with Gasteiger partial charge in [-0.3, -0.25) is 0 Å². The molecule has 198 valence electrons. The van der Waals surface area contributed by atoms with Gasteiger partial charge < -0.3 is 59.3 Å². The zero-order valence-corrected chi connectivity index (χ0v) is 23.9. The topological polar surface area (TPSA) is 82.9 Å². The number of benzene rings is 2. The van der Waals surface area contributed by atoms with Crippen molar-refractivity contribution in [3.05, 3.63) is 136 Å². The summed E-state index contributed by atoms with van der Waals surface area (Å²) in [4.78, 5) is 0. The van der Waals surface area contributed by atoms with Crippen molar-refractivity contribution in [3.63, 3.8) is 0 Å². The predicted molar refractivity (Wildman–Crippen MR) is 150 cm³/mol. The van der Waals surface area contributed by atoms with E-state index in [-0.39, 0.29) is 19.8 Å². The molecule has 0 saturated carbocycles. The molecule has 0 saturated heterocycles. The van der Waals surface area contributed by atoms with E-state index in [1.165, 1.54) is 0 Å². The van der Waals surface area contributed by atoms with E-state index in [0.29, 0.717) is 0 Å². The van der Waals surface area contributed by atoms with Gasteiger partial charge in [0.05, 0.1) is 0 Å². The van der Waals surface area contributed by atoms with Gasteiger partial charge in [-0.2, -0.15) is 0 Å². The molecule has 9 rings (SSSR count). The second kappa shape index (κ2) is 9.84. The molecule has 0 atom stereocenters. The fourth-order valence-electron chi connectivity index (χ4n) is 5.55. The molecular weight excluding hydrogens is 691 g/mol. The Balaban J connectivity index is 0.000000582. The maximum atomic E-state index is 6.25. The second-order valence-corrected chi connectivity index (χ2v) is 9.33. The van der Waals surface area contributed by atoms with Crippen LogP contribution in [0.1, 0.15) is 0 Å². The summed E-state index contributed by atoms with van der Waals surface area (Å²) in [6, 6.07) is 25.7. The summed E-state index contributed by atoms with van der Waals surface area (Å²) >= 11 is 0. The smallest absolute Gasteiger partial charge is 0.512 e. The van der Waals surface area contributed by atoms with Crippen LogP contribution in [0.4, 0.5) is 0 Å². The third-order valence-corrected chi connectivity index (χ3v) is 7.27. The molecule has 8 bridgehead atoms. The molecule has 0 fully saturated rings. The Morgan fingerprint density at radius 2 is 0.610 bits per heavy atom. The van der Waals surface area contributed by atoms with Gasteiger partial charge in [-0.1, -0.05) is 120 Å². The van der Waals surface area contributed by atoms with Crippen molar-refractivity contribution in [1.29, 1.82) is 10.5 Å². The monoisotopic (exact) mass is 712 g/mol. The van der Waals surface area contributed by atoms with Crippen LogP contribution in [0.5, 0.6) is 0 Å². The van der Waals surface area contributed by atoms with Gasteiger partial charge in [-0.15, -0.1) is 0 Å². The van der Waals surface area contributed by atoms with Crippen LogP contribution < -0.4 is 0 Å². The van der Waals surface area contributed by atoms with Crippen LogP contribution in [0, 0.1) is 23.7 Å². The van der Waals surface area contributed by atoms with Crippen molar-refractivity contribution in [2.45, 2.75) is 0 Å². The van der Waals surface area contributed by atoms with Crippen molar-refractivity contribution in [2.24, 2.45) is 0 Å². The minimum Gasteiger partial charge on any atom is -0.512 e. The second-order valence-electron chi connectivity index (χ2n) is 9.33. The van der Waals surface area contributed by atoms with E-state index in [1.54, 1.807) is 0 Å². The molecule has 0 aliphatic carbocycles. The van der Waals surface area contributed by atoms with Crippen LogP contribution in [0.15, 0.2) is 123 Å². The van der Waals surface area contributed by atoms with Gasteiger partial charge in [-0.25, -0.2) is 0 Å². The zero-order chi connectivity index (χ0) is 27.4. The molecule has 7 heterocycles. The van der Waals surface area contributed by atoms with Crippen LogP contribution >= 0.6 is 0 Å². The summed E-state index contributed by atoms with van der Waals surface area (Å²) in [5.41, 5.74) is 8.84. The molecule has 2 aromatic carbocycles. The molecule has 0 unspecified atom stereocenters. The Morgan fingerprint density at radius 3 is 0.829 bits per heavy atom. The SMILES string of the molecule is [C-]#N.[C-]#N.[Os+6].c1ccc2c(c1)n1cc3ccc4cn([cH-]n4n3[cH-]1)c1ccccc1n1cc3ccc4cn2[cH-]n4n3[cH-]1. The number of fused-ring (bicyclic) bond motifs is 10. The van der Waals surface area contributed by atoms with Crippen LogP contribution in [0.3, 0.4) is 0 Å². The maximum absolute atomic E-state index is 6.25. The first-order valence-electron chi connectivity index (χ1n) is 12.4. The summed E-state index contributed by atoms with van der Waals surface area (Å²) < 4.78 is 17.5. The van der Waals surface area contributed by atoms with Crippen molar-refractivity contribution in [1.82, 2.24) is 35.7 Å². The molecule has 10 nitrogen and oxygen atoms in total. The molecule has 0 amide bonds. The maximum Gasteiger partial charge on any atom is 6.00 e. The summed E-state index contributed by atoms with van der Waals surface area (Å²) in [5.74, 6) is 0. The first-order valence-corrected chi connectivity index (χ1v) is 12.4. The summed E-state index contributed by atoms with van der Waals surface area (Å²) in [6.07, 6.45) is 17.3. The fourth-order valence-corrected chi connectivity index (χ4v) is 5.55. The molecule has 41 heavy (non-hydrogen) atoms. The Morgan fingerprint density at radius 1 is 0.390 bits per heavy atom. The third kappa shape index (κ3) is 3.72. The van der Waals surface area contributed by atoms with Gasteiger partial charge in [0.2, 0.25) is 0 Å². The number of imidazole rings is 4. The van der Waals surface area contributed by atoms with E-state index >= 15 is 0 Å². The predicted octanol–water partition coefficient (Wildman–Crippen LogP) is 5.59. The van der Waals surface area contributed by atoms with E-state index in [4.69, 9.17) is 23.7 Å². The van der Waals surface area contributed by atoms with Crippen molar-refractivity contribution in [2.75, 3.05) is 0 Å². The number of para-hydroxylation sites is 4. The quantitative estimate of drug-likeness (QED) is 0.193. The average molecular weight is 711 g/mol. The van der Waals surface area contributed by atoms with E-state index in [0.717, 1.165) is 44.1 Å². The third-order valence-electron chi connectivity index (χ3n) is 7.27. The van der Waals surface area contributed by atoms with Gasteiger partial charge in [0.15, 0.2) is 0 Å². The minimum absolute atomic E-state index is 0. The number of aromatic nitrogens is 8. The van der Waals surface area contributed by atoms with Crippen LogP contribution in [-0.4, -0.2) is 35.7 Å². The Hall–Kier alpha value is -5.62. The van der Waals surface area contributed by atoms with E-state index in [1.807, 2.05) is 0 Å². The van der Waals surface area contributed by atoms with E-state index in [2.05, 4.69) is 159 Å². The van der Waals surface area contributed by atoms with Gasteiger partial charge in [0, 0.05) is 25.3 Å². The normalized spacial score (nSPS) is 11.0. The van der Waals surface area contributed by atoms with Crippen molar-refractivity contribution >= 4 is 44.1 Å². The molecule has 11 heteroatoms. The number of hydrogen-bond donors (Lipinski definition) is 0. The fraction of sp³-hybridized carbons (Fsp3) is 0. The molecule has 0 aliphatic heterocycles. The minimum atomic E-state index is 0. The van der Waals surface area contributed by atoms with Gasteiger partial charge in [0.1, 0.15) is 0 Å². The largest absolute Gasteiger partial charge is 6.00 e. The summed E-state index contributed by atoms with van der Waals surface area (Å²) in [5, 5.41) is 12.5. The van der Waals surface area contributed by atoms with Gasteiger partial charge in [0.25, 0.3) is 0 Å². The van der Waals surface area contributed by atoms with Crippen molar-refractivity contribution in [3.8, 4) is 0 Å². The van der Waals surface area contributed by atoms with E-state index in [9.17, 15) is 0 Å². The molecule has 7 aromatic heterocycles. The zero-order valence-electron chi connectivity index (χ0n) is 21.4. The van der Waals surface area contributed by atoms with Crippen molar-refractivity contribution < 1.29 is 19.8 Å². The van der Waals surface area contributed by atoms with Crippen LogP contribution in [0.2, 0.25) is 0 Å². The Bertz CT molecular complexity index is 2150. The van der Waals surface area contributed by atoms with Gasteiger partial charge >= 0.3 is 19.8 Å². The Kier molecular flexibility index (Phi) is 6.16. The Labute approximate surface area is 245 Å². The molecule has 0 radical (unpaired) electrons. The molecule has 0 N–H and O–H groups in total. The van der Waals surface area contributed by atoms with Crippen LogP contribution in [0.25, 0.3) is 44.1 Å². The van der Waals surface area contributed by atoms with E-state index < -0.39 is 0 Å². The number of hydrogen-bond acceptors (Lipinski definition) is 2. The molecular formula is C30H20N10Os. The van der Waals surface area contributed by atoms with Gasteiger partial charge in [-0.05, 0) is 22.1 Å². The molecule has 0 spiro atoms. The first kappa shape index (κ1) is 25.6. The summed E-state index contributed by atoms with van der Waals surface area (Å²) in [7, 11) is 0.